The van der Waals surface area contributed by atoms with Crippen LogP contribution in [0.15, 0.2) is 23.3 Å². The Balaban J connectivity index is 3.01. The van der Waals surface area contributed by atoms with E-state index in [2.05, 4.69) is 53.7 Å². The minimum atomic E-state index is 0.322. The molecule has 0 N–H and O–H groups in total. The van der Waals surface area contributed by atoms with Gasteiger partial charge in [-0.2, -0.15) is 0 Å². The van der Waals surface area contributed by atoms with Gasteiger partial charge in [0.05, 0.1) is 0 Å². The van der Waals surface area contributed by atoms with Crippen LogP contribution >= 0.6 is 0 Å². The molecule has 0 aromatic rings. The Morgan fingerprint density at radius 2 is 1.86 bits per heavy atom. The number of allylic oxidation sites excluding steroid dienone is 4. The van der Waals surface area contributed by atoms with Gasteiger partial charge in [0, 0.05) is 0 Å². The Morgan fingerprint density at radius 3 is 2.29 bits per heavy atom. The Labute approximate surface area is 89.1 Å². The lowest BCUT2D eigenvalue weighted by Crippen LogP contribution is -2.24. The lowest BCUT2D eigenvalue weighted by atomic mass is 9.70. The number of hydrogen-bond donors (Lipinski definition) is 0. The molecule has 2 unspecified atom stereocenters. The highest BCUT2D eigenvalue weighted by Crippen LogP contribution is 2.40. The first-order chi connectivity index (χ1) is 6.36. The van der Waals surface area contributed by atoms with Crippen molar-refractivity contribution in [2.45, 2.75) is 48.0 Å². The van der Waals surface area contributed by atoms with E-state index in [0.717, 1.165) is 5.92 Å². The molecular weight excluding hydrogens is 168 g/mol. The first kappa shape index (κ1) is 11.6. The molecule has 0 aromatic carbocycles. The molecule has 0 saturated carbocycles. The highest BCUT2D eigenvalue weighted by atomic mass is 14.3. The highest BCUT2D eigenvalue weighted by molar-refractivity contribution is 5.32. The van der Waals surface area contributed by atoms with Gasteiger partial charge >= 0.3 is 0 Å². The fourth-order valence-corrected chi connectivity index (χ4v) is 2.51. The second-order valence-electron chi connectivity index (χ2n) is 5.62. The standard InChI is InChI=1S/C14H24/c1-7-12-8-10(2)9-13(11(12)3)14(4,5)6/h8-9,11-12H,7H2,1-6H3. The Morgan fingerprint density at radius 1 is 1.29 bits per heavy atom. The summed E-state index contributed by atoms with van der Waals surface area (Å²) in [5.74, 6) is 1.46. The predicted molar refractivity (Wildman–Crippen MR) is 64.2 cm³/mol. The predicted octanol–water partition coefficient (Wildman–Crippen LogP) is 4.58. The maximum absolute atomic E-state index is 2.43. The Bertz CT molecular complexity index is 260. The van der Waals surface area contributed by atoms with E-state index in [9.17, 15) is 0 Å². The largest absolute Gasteiger partial charge is 0.0779 e. The van der Waals surface area contributed by atoms with Gasteiger partial charge < -0.3 is 0 Å². The van der Waals surface area contributed by atoms with Crippen molar-refractivity contribution < 1.29 is 0 Å². The van der Waals surface area contributed by atoms with E-state index in [1.54, 1.807) is 5.57 Å². The molecule has 0 radical (unpaired) electrons. The van der Waals surface area contributed by atoms with Crippen molar-refractivity contribution in [2.24, 2.45) is 17.3 Å². The second-order valence-corrected chi connectivity index (χ2v) is 5.62. The molecule has 0 amide bonds. The minimum absolute atomic E-state index is 0.322. The van der Waals surface area contributed by atoms with Crippen LogP contribution in [0.5, 0.6) is 0 Å². The van der Waals surface area contributed by atoms with Gasteiger partial charge in [-0.1, -0.05) is 57.9 Å². The highest BCUT2D eigenvalue weighted by Gasteiger charge is 2.28. The number of rotatable bonds is 1. The second kappa shape index (κ2) is 3.92. The lowest BCUT2D eigenvalue weighted by molar-refractivity contribution is 0.367. The third-order valence-electron chi connectivity index (χ3n) is 3.33. The maximum Gasteiger partial charge on any atom is -0.0160 e. The molecule has 2 atom stereocenters. The smallest absolute Gasteiger partial charge is 0.0160 e. The zero-order valence-electron chi connectivity index (χ0n) is 10.5. The molecule has 0 aliphatic heterocycles. The van der Waals surface area contributed by atoms with E-state index in [1.165, 1.54) is 12.0 Å². The normalized spacial score (nSPS) is 28.4. The summed E-state index contributed by atoms with van der Waals surface area (Å²) in [6, 6.07) is 0. The van der Waals surface area contributed by atoms with Crippen molar-refractivity contribution in [1.82, 2.24) is 0 Å². The van der Waals surface area contributed by atoms with Crippen LogP contribution in [0.25, 0.3) is 0 Å². The number of hydrogen-bond acceptors (Lipinski definition) is 0. The van der Waals surface area contributed by atoms with E-state index in [-0.39, 0.29) is 0 Å². The molecule has 0 bridgehead atoms. The fraction of sp³-hybridized carbons (Fsp3) is 0.714. The lowest BCUT2D eigenvalue weighted by Gasteiger charge is -2.35. The van der Waals surface area contributed by atoms with Crippen molar-refractivity contribution in [3.63, 3.8) is 0 Å². The quantitative estimate of drug-likeness (QED) is 0.570. The summed E-state index contributed by atoms with van der Waals surface area (Å²) in [4.78, 5) is 0. The van der Waals surface area contributed by atoms with Crippen LogP contribution in [0.1, 0.15) is 48.0 Å². The van der Waals surface area contributed by atoms with Gasteiger partial charge in [-0.05, 0) is 30.6 Å². The molecule has 80 valence electrons. The summed E-state index contributed by atoms with van der Waals surface area (Å²) in [7, 11) is 0. The van der Waals surface area contributed by atoms with Gasteiger partial charge in [0.25, 0.3) is 0 Å². The molecular formula is C14H24. The Hall–Kier alpha value is -0.520. The van der Waals surface area contributed by atoms with Crippen molar-refractivity contribution in [1.29, 1.82) is 0 Å². The monoisotopic (exact) mass is 192 g/mol. The van der Waals surface area contributed by atoms with Crippen molar-refractivity contribution in [2.75, 3.05) is 0 Å². The summed E-state index contributed by atoms with van der Waals surface area (Å²) < 4.78 is 0. The van der Waals surface area contributed by atoms with Gasteiger partial charge in [0.15, 0.2) is 0 Å². The summed E-state index contributed by atoms with van der Waals surface area (Å²) >= 11 is 0. The topological polar surface area (TPSA) is 0 Å². The molecule has 0 nitrogen and oxygen atoms in total. The first-order valence-corrected chi connectivity index (χ1v) is 5.76. The van der Waals surface area contributed by atoms with Crippen molar-refractivity contribution in [3.05, 3.63) is 23.3 Å². The van der Waals surface area contributed by atoms with E-state index in [4.69, 9.17) is 0 Å². The molecule has 14 heavy (non-hydrogen) atoms. The maximum atomic E-state index is 2.43. The molecule has 0 spiro atoms. The molecule has 0 heteroatoms. The molecule has 1 aliphatic rings. The molecule has 0 saturated heterocycles. The Kier molecular flexibility index (Phi) is 3.24. The molecule has 1 aliphatic carbocycles. The van der Waals surface area contributed by atoms with Crippen LogP contribution in [0, 0.1) is 17.3 Å². The van der Waals surface area contributed by atoms with E-state index in [0.29, 0.717) is 11.3 Å². The summed E-state index contributed by atoms with van der Waals surface area (Å²) in [6.07, 6.45) is 6.07. The van der Waals surface area contributed by atoms with E-state index >= 15 is 0 Å². The summed E-state index contributed by atoms with van der Waals surface area (Å²) in [5.41, 5.74) is 3.38. The molecule has 0 aromatic heterocycles. The third-order valence-corrected chi connectivity index (χ3v) is 3.33. The van der Waals surface area contributed by atoms with E-state index in [1.807, 2.05) is 0 Å². The zero-order chi connectivity index (χ0) is 10.9. The minimum Gasteiger partial charge on any atom is -0.0779 e. The van der Waals surface area contributed by atoms with Crippen LogP contribution < -0.4 is 0 Å². The van der Waals surface area contributed by atoms with Gasteiger partial charge in [-0.15, -0.1) is 0 Å². The van der Waals surface area contributed by atoms with Gasteiger partial charge in [0.2, 0.25) is 0 Å². The summed E-state index contributed by atoms with van der Waals surface area (Å²) in [6.45, 7) is 13.8. The molecule has 0 heterocycles. The van der Waals surface area contributed by atoms with Crippen LogP contribution in [0.3, 0.4) is 0 Å². The van der Waals surface area contributed by atoms with Crippen LogP contribution in [-0.4, -0.2) is 0 Å². The molecule has 0 fully saturated rings. The van der Waals surface area contributed by atoms with Gasteiger partial charge in [-0.25, -0.2) is 0 Å². The third kappa shape index (κ3) is 2.29. The zero-order valence-corrected chi connectivity index (χ0v) is 10.5. The van der Waals surface area contributed by atoms with Gasteiger partial charge in [0.1, 0.15) is 0 Å². The van der Waals surface area contributed by atoms with Gasteiger partial charge in [-0.3, -0.25) is 0 Å². The van der Waals surface area contributed by atoms with Crippen LogP contribution in [-0.2, 0) is 0 Å². The van der Waals surface area contributed by atoms with E-state index < -0.39 is 0 Å². The molecule has 1 rings (SSSR count). The first-order valence-electron chi connectivity index (χ1n) is 5.76. The van der Waals surface area contributed by atoms with Crippen LogP contribution in [0.2, 0.25) is 0 Å². The van der Waals surface area contributed by atoms with Crippen molar-refractivity contribution >= 4 is 0 Å². The fourth-order valence-electron chi connectivity index (χ4n) is 2.51. The van der Waals surface area contributed by atoms with Crippen LogP contribution in [0.4, 0.5) is 0 Å². The SMILES string of the molecule is CCC1C=C(C)C=C(C(C)(C)C)C1C. The summed E-state index contributed by atoms with van der Waals surface area (Å²) in [5, 5.41) is 0. The van der Waals surface area contributed by atoms with Crippen molar-refractivity contribution in [3.8, 4) is 0 Å². The average Bonchev–Trinajstić information content (AvgIpc) is 2.06. The average molecular weight is 192 g/mol.